The first-order valence-electron chi connectivity index (χ1n) is 7.73. The van der Waals surface area contributed by atoms with E-state index in [4.69, 9.17) is 15.6 Å². The van der Waals surface area contributed by atoms with Crippen molar-refractivity contribution in [3.63, 3.8) is 0 Å². The van der Waals surface area contributed by atoms with Gasteiger partial charge in [-0.2, -0.15) is 0 Å². The molecule has 1 saturated heterocycles. The fraction of sp³-hybridized carbons (Fsp3) is 0.733. The molecule has 0 bridgehead atoms. The third-order valence-electron chi connectivity index (χ3n) is 4.31. The van der Waals surface area contributed by atoms with E-state index >= 15 is 0 Å². The number of hydrogen-bond donors (Lipinski definition) is 2. The van der Waals surface area contributed by atoms with E-state index < -0.39 is 0 Å². The highest BCUT2D eigenvalue weighted by Gasteiger charge is 2.37. The molecule has 6 heteroatoms. The van der Waals surface area contributed by atoms with Crippen LogP contribution in [0.1, 0.15) is 45.9 Å². The predicted octanol–water partition coefficient (Wildman–Crippen LogP) is 1.82. The van der Waals surface area contributed by atoms with Crippen molar-refractivity contribution in [2.24, 2.45) is 5.84 Å². The molecule has 1 aromatic rings. The Balaban J connectivity index is 1.97. The van der Waals surface area contributed by atoms with E-state index in [0.29, 0.717) is 18.0 Å². The Morgan fingerprint density at radius 2 is 2.14 bits per heavy atom. The van der Waals surface area contributed by atoms with Gasteiger partial charge in [-0.05, 0) is 19.3 Å². The molecule has 2 aliphatic rings. The summed E-state index contributed by atoms with van der Waals surface area (Å²) in [7, 11) is 0. The van der Waals surface area contributed by atoms with Gasteiger partial charge in [-0.1, -0.05) is 20.8 Å². The lowest BCUT2D eigenvalue weighted by Crippen LogP contribution is -2.49. The fourth-order valence-electron chi connectivity index (χ4n) is 3.20. The standard InChI is InChI=1S/C15H25N5O/c1-15(2,3)14-17-12(19-16)9-13(18-14)20-7-8-21-11-6-4-5-10(11)20/h9-11H,4-8,16H2,1-3H3,(H,17,18,19). The first kappa shape index (κ1) is 14.5. The number of hydrazine groups is 1. The van der Waals surface area contributed by atoms with Gasteiger partial charge in [0.25, 0.3) is 0 Å². The lowest BCUT2D eigenvalue weighted by Gasteiger charge is -2.39. The molecule has 2 heterocycles. The summed E-state index contributed by atoms with van der Waals surface area (Å²) in [5.74, 6) is 8.03. The molecule has 0 radical (unpaired) electrons. The summed E-state index contributed by atoms with van der Waals surface area (Å²) in [6.45, 7) is 7.99. The number of nitrogen functional groups attached to an aromatic ring is 1. The van der Waals surface area contributed by atoms with Crippen LogP contribution in [0.3, 0.4) is 0 Å². The number of rotatable bonds is 2. The molecule has 3 rings (SSSR count). The zero-order valence-corrected chi connectivity index (χ0v) is 13.1. The van der Waals surface area contributed by atoms with E-state index in [9.17, 15) is 0 Å². The second-order valence-corrected chi connectivity index (χ2v) is 6.93. The predicted molar refractivity (Wildman–Crippen MR) is 83.3 cm³/mol. The van der Waals surface area contributed by atoms with Crippen molar-refractivity contribution in [1.82, 2.24) is 9.97 Å². The highest BCUT2D eigenvalue weighted by Crippen LogP contribution is 2.33. The Morgan fingerprint density at radius 3 is 2.86 bits per heavy atom. The molecule has 21 heavy (non-hydrogen) atoms. The molecule has 116 valence electrons. The summed E-state index contributed by atoms with van der Waals surface area (Å²) in [5.41, 5.74) is 2.56. The van der Waals surface area contributed by atoms with Crippen LogP contribution >= 0.6 is 0 Å². The molecule has 2 fully saturated rings. The zero-order chi connectivity index (χ0) is 15.0. The van der Waals surface area contributed by atoms with Crippen LogP contribution in [0.4, 0.5) is 11.6 Å². The largest absolute Gasteiger partial charge is 0.374 e. The second-order valence-electron chi connectivity index (χ2n) is 6.93. The van der Waals surface area contributed by atoms with Crippen LogP contribution in [0.25, 0.3) is 0 Å². The number of nitrogens with one attached hydrogen (secondary N) is 1. The Kier molecular flexibility index (Phi) is 3.75. The molecule has 0 aromatic carbocycles. The molecule has 1 aliphatic heterocycles. The lowest BCUT2D eigenvalue weighted by atomic mass is 9.95. The molecule has 1 aromatic heterocycles. The summed E-state index contributed by atoms with van der Waals surface area (Å²) >= 11 is 0. The topological polar surface area (TPSA) is 76.3 Å². The number of nitrogens with zero attached hydrogens (tertiary/aromatic N) is 3. The van der Waals surface area contributed by atoms with Gasteiger partial charge in [0.2, 0.25) is 0 Å². The molecule has 2 unspecified atom stereocenters. The summed E-state index contributed by atoms with van der Waals surface area (Å²) in [6.07, 6.45) is 3.90. The molecule has 2 atom stereocenters. The molecule has 0 amide bonds. The fourth-order valence-corrected chi connectivity index (χ4v) is 3.20. The van der Waals surface area contributed by atoms with E-state index in [1.807, 2.05) is 6.07 Å². The van der Waals surface area contributed by atoms with Gasteiger partial charge in [0.05, 0.1) is 18.8 Å². The van der Waals surface area contributed by atoms with Crippen molar-refractivity contribution < 1.29 is 4.74 Å². The van der Waals surface area contributed by atoms with Crippen LogP contribution in [0.2, 0.25) is 0 Å². The smallest absolute Gasteiger partial charge is 0.145 e. The molecular weight excluding hydrogens is 266 g/mol. The van der Waals surface area contributed by atoms with Crippen molar-refractivity contribution in [2.75, 3.05) is 23.5 Å². The quantitative estimate of drug-likeness (QED) is 0.639. The van der Waals surface area contributed by atoms with E-state index in [0.717, 1.165) is 31.2 Å². The maximum absolute atomic E-state index is 5.88. The number of nitrogens with two attached hydrogens (primary N) is 1. The van der Waals surface area contributed by atoms with Gasteiger partial charge in [0.1, 0.15) is 17.5 Å². The second kappa shape index (κ2) is 5.42. The van der Waals surface area contributed by atoms with Crippen molar-refractivity contribution in [1.29, 1.82) is 0 Å². The number of fused-ring (bicyclic) bond motifs is 1. The van der Waals surface area contributed by atoms with Gasteiger partial charge in [-0.25, -0.2) is 15.8 Å². The highest BCUT2D eigenvalue weighted by molar-refractivity contribution is 5.51. The number of ether oxygens (including phenoxy) is 1. The number of anilines is 2. The van der Waals surface area contributed by atoms with E-state index in [2.05, 4.69) is 36.1 Å². The minimum Gasteiger partial charge on any atom is -0.374 e. The van der Waals surface area contributed by atoms with Crippen molar-refractivity contribution in [3.8, 4) is 0 Å². The average molecular weight is 291 g/mol. The minimum atomic E-state index is -0.108. The number of morpholine rings is 1. The normalized spacial score (nSPS) is 25.8. The van der Waals surface area contributed by atoms with E-state index in [1.165, 1.54) is 12.8 Å². The third-order valence-corrected chi connectivity index (χ3v) is 4.31. The Morgan fingerprint density at radius 1 is 1.33 bits per heavy atom. The zero-order valence-electron chi connectivity index (χ0n) is 13.1. The maximum Gasteiger partial charge on any atom is 0.145 e. The van der Waals surface area contributed by atoms with Gasteiger partial charge < -0.3 is 15.1 Å². The van der Waals surface area contributed by atoms with Crippen LogP contribution in [0.5, 0.6) is 0 Å². The van der Waals surface area contributed by atoms with Crippen LogP contribution in [0.15, 0.2) is 6.07 Å². The van der Waals surface area contributed by atoms with Crippen molar-refractivity contribution in [3.05, 3.63) is 11.9 Å². The SMILES string of the molecule is CC(C)(C)c1nc(NN)cc(N2CCOC3CCCC32)n1. The Bertz CT molecular complexity index is 513. The minimum absolute atomic E-state index is 0.108. The Labute approximate surface area is 126 Å². The lowest BCUT2D eigenvalue weighted by molar-refractivity contribution is 0.0253. The molecule has 1 aliphatic carbocycles. The van der Waals surface area contributed by atoms with Crippen molar-refractivity contribution in [2.45, 2.75) is 57.6 Å². The molecule has 1 saturated carbocycles. The van der Waals surface area contributed by atoms with Crippen LogP contribution in [-0.4, -0.2) is 35.3 Å². The summed E-state index contributed by atoms with van der Waals surface area (Å²) in [4.78, 5) is 11.7. The van der Waals surface area contributed by atoms with E-state index in [1.54, 1.807) is 0 Å². The number of hydrogen-bond acceptors (Lipinski definition) is 6. The van der Waals surface area contributed by atoms with Crippen molar-refractivity contribution >= 4 is 11.6 Å². The molecule has 0 spiro atoms. The highest BCUT2D eigenvalue weighted by atomic mass is 16.5. The summed E-state index contributed by atoms with van der Waals surface area (Å²) in [6, 6.07) is 2.38. The summed E-state index contributed by atoms with van der Waals surface area (Å²) < 4.78 is 5.88. The van der Waals surface area contributed by atoms with Crippen LogP contribution in [-0.2, 0) is 10.2 Å². The van der Waals surface area contributed by atoms with Crippen LogP contribution < -0.4 is 16.2 Å². The first-order valence-corrected chi connectivity index (χ1v) is 7.73. The molecule has 6 nitrogen and oxygen atoms in total. The Hall–Kier alpha value is -1.40. The van der Waals surface area contributed by atoms with Crippen LogP contribution in [0, 0.1) is 0 Å². The maximum atomic E-state index is 5.88. The first-order chi connectivity index (χ1) is 9.99. The summed E-state index contributed by atoms with van der Waals surface area (Å²) in [5, 5.41) is 0. The third kappa shape index (κ3) is 2.82. The van der Waals surface area contributed by atoms with E-state index in [-0.39, 0.29) is 5.41 Å². The average Bonchev–Trinajstić information content (AvgIpc) is 2.94. The van der Waals surface area contributed by atoms with Gasteiger partial charge in [-0.3, -0.25) is 0 Å². The number of aromatic nitrogens is 2. The molecular formula is C15H25N5O. The van der Waals surface area contributed by atoms with Gasteiger partial charge in [-0.15, -0.1) is 0 Å². The molecule has 3 N–H and O–H groups in total. The van der Waals surface area contributed by atoms with Gasteiger partial charge >= 0.3 is 0 Å². The van der Waals surface area contributed by atoms with Gasteiger partial charge in [0, 0.05) is 18.0 Å². The van der Waals surface area contributed by atoms with Gasteiger partial charge in [0.15, 0.2) is 0 Å². The monoisotopic (exact) mass is 291 g/mol.